The van der Waals surface area contributed by atoms with E-state index >= 15 is 0 Å². The van der Waals surface area contributed by atoms with Gasteiger partial charge in [0.1, 0.15) is 22.2 Å². The summed E-state index contributed by atoms with van der Waals surface area (Å²) in [6, 6.07) is 16.8. The van der Waals surface area contributed by atoms with Crippen LogP contribution < -0.4 is 14.9 Å². The number of hydrogen-bond acceptors (Lipinski definition) is 5. The third-order valence-electron chi connectivity index (χ3n) is 5.23. The van der Waals surface area contributed by atoms with Crippen molar-refractivity contribution in [2.24, 2.45) is 0 Å². The quantitative estimate of drug-likeness (QED) is 0.402. The predicted molar refractivity (Wildman–Crippen MR) is 123 cm³/mol. The number of sulfone groups is 1. The molecule has 0 aliphatic rings. The first-order valence-corrected chi connectivity index (χ1v) is 11.8. The molecule has 33 heavy (non-hydrogen) atoms. The van der Waals surface area contributed by atoms with E-state index in [1.54, 1.807) is 28.8 Å². The van der Waals surface area contributed by atoms with Gasteiger partial charge >= 0.3 is 0 Å². The molecule has 1 aromatic heterocycles. The van der Waals surface area contributed by atoms with Gasteiger partial charge in [-0.25, -0.2) is 12.8 Å². The molecular weight excluding hydrogens is 445 g/mol. The molecule has 4 rings (SSSR count). The lowest BCUT2D eigenvalue weighted by Crippen LogP contribution is -2.20. The maximum Gasteiger partial charge on any atom is 0.211 e. The Morgan fingerprint density at radius 2 is 1.70 bits per heavy atom. The lowest BCUT2D eigenvalue weighted by atomic mass is 10.1. The highest BCUT2D eigenvalue weighted by molar-refractivity contribution is 7.91. The highest BCUT2D eigenvalue weighted by Gasteiger charge is 2.24. The number of rotatable bonds is 7. The fourth-order valence-electron chi connectivity index (χ4n) is 3.64. The van der Waals surface area contributed by atoms with Crippen LogP contribution in [0.2, 0.25) is 0 Å². The molecule has 0 fully saturated rings. The SMILES string of the molecule is CCOc1ccc2c(c1)c(=O)c(S(=O)(=O)c1ccc(OC)cc1)cn2Cc1cccc(F)c1. The normalized spacial score (nSPS) is 11.5. The van der Waals surface area contributed by atoms with Gasteiger partial charge in [-0.15, -0.1) is 0 Å². The minimum Gasteiger partial charge on any atom is -0.497 e. The number of nitrogens with zero attached hydrogens (tertiary/aromatic N) is 1. The van der Waals surface area contributed by atoms with Gasteiger partial charge in [-0.1, -0.05) is 12.1 Å². The number of methoxy groups -OCH3 is 1. The van der Waals surface area contributed by atoms with Crippen molar-refractivity contribution in [3.63, 3.8) is 0 Å². The summed E-state index contributed by atoms with van der Waals surface area (Å²) in [5, 5.41) is 0.201. The van der Waals surface area contributed by atoms with Crippen LogP contribution in [0.25, 0.3) is 10.9 Å². The van der Waals surface area contributed by atoms with Crippen molar-refractivity contribution < 1.29 is 22.3 Å². The molecule has 0 saturated heterocycles. The molecule has 0 spiro atoms. The van der Waals surface area contributed by atoms with Crippen molar-refractivity contribution in [3.8, 4) is 11.5 Å². The molecule has 8 heteroatoms. The summed E-state index contributed by atoms with van der Waals surface area (Å²) in [5.74, 6) is 0.554. The topological polar surface area (TPSA) is 74.6 Å². The zero-order valence-corrected chi connectivity index (χ0v) is 18.9. The van der Waals surface area contributed by atoms with Crippen LogP contribution in [0, 0.1) is 5.82 Å². The minimum atomic E-state index is -4.14. The van der Waals surface area contributed by atoms with Crippen LogP contribution in [0.1, 0.15) is 12.5 Å². The van der Waals surface area contributed by atoms with E-state index in [1.165, 1.54) is 55.8 Å². The zero-order valence-electron chi connectivity index (χ0n) is 18.1. The lowest BCUT2D eigenvalue weighted by molar-refractivity contribution is 0.340. The van der Waals surface area contributed by atoms with Crippen LogP contribution in [0.15, 0.2) is 87.5 Å². The van der Waals surface area contributed by atoms with Crippen LogP contribution in [0.5, 0.6) is 11.5 Å². The van der Waals surface area contributed by atoms with Gasteiger partial charge in [0.2, 0.25) is 15.3 Å². The highest BCUT2D eigenvalue weighted by Crippen LogP contribution is 2.26. The first-order valence-electron chi connectivity index (χ1n) is 10.3. The summed E-state index contributed by atoms with van der Waals surface area (Å²) in [7, 11) is -2.66. The van der Waals surface area contributed by atoms with Gasteiger partial charge in [0.15, 0.2) is 0 Å². The van der Waals surface area contributed by atoms with Gasteiger partial charge in [-0.05, 0) is 67.1 Å². The van der Waals surface area contributed by atoms with E-state index in [0.717, 1.165) is 0 Å². The highest BCUT2D eigenvalue weighted by atomic mass is 32.2. The number of aromatic nitrogens is 1. The second-order valence-corrected chi connectivity index (χ2v) is 9.29. The monoisotopic (exact) mass is 467 g/mol. The van der Waals surface area contributed by atoms with E-state index in [1.807, 2.05) is 6.92 Å². The van der Waals surface area contributed by atoms with Gasteiger partial charge < -0.3 is 14.0 Å². The van der Waals surface area contributed by atoms with Crippen LogP contribution >= 0.6 is 0 Å². The van der Waals surface area contributed by atoms with E-state index in [0.29, 0.717) is 29.2 Å². The molecule has 0 aliphatic carbocycles. The number of halogens is 1. The zero-order chi connectivity index (χ0) is 23.6. The third-order valence-corrected chi connectivity index (χ3v) is 6.99. The van der Waals surface area contributed by atoms with E-state index in [-0.39, 0.29) is 21.7 Å². The summed E-state index contributed by atoms with van der Waals surface area (Å²) < 4.78 is 52.8. The Balaban J connectivity index is 1.94. The van der Waals surface area contributed by atoms with Crippen LogP contribution in [0.3, 0.4) is 0 Å². The number of hydrogen-bond donors (Lipinski definition) is 0. The molecule has 0 atom stereocenters. The van der Waals surface area contributed by atoms with Gasteiger partial charge in [0, 0.05) is 12.7 Å². The first-order chi connectivity index (χ1) is 15.8. The van der Waals surface area contributed by atoms with E-state index in [2.05, 4.69) is 0 Å². The fourth-order valence-corrected chi connectivity index (χ4v) is 5.01. The fraction of sp³-hybridized carbons (Fsp3) is 0.160. The summed E-state index contributed by atoms with van der Waals surface area (Å²) in [6.45, 7) is 2.39. The van der Waals surface area contributed by atoms with E-state index in [4.69, 9.17) is 9.47 Å². The lowest BCUT2D eigenvalue weighted by Gasteiger charge is -2.15. The molecule has 0 bridgehead atoms. The molecule has 0 aliphatic heterocycles. The minimum absolute atomic E-state index is 0.0296. The van der Waals surface area contributed by atoms with Crippen molar-refractivity contribution in [2.45, 2.75) is 23.3 Å². The Kier molecular flexibility index (Phi) is 6.20. The molecule has 6 nitrogen and oxygen atoms in total. The Bertz CT molecular complexity index is 1480. The standard InChI is InChI=1S/C25H22FNO5S/c1-3-32-20-9-12-23-22(14-20)25(28)24(16-27(23)15-17-5-4-6-18(26)13-17)33(29,30)21-10-7-19(31-2)8-11-21/h4-14,16H,3,15H2,1-2H3. The average molecular weight is 468 g/mol. The van der Waals surface area contributed by atoms with Crippen LogP contribution in [-0.2, 0) is 16.4 Å². The largest absolute Gasteiger partial charge is 0.497 e. The maximum atomic E-state index is 13.8. The van der Waals surface area contributed by atoms with Crippen molar-refractivity contribution in [2.75, 3.05) is 13.7 Å². The average Bonchev–Trinajstić information content (AvgIpc) is 2.81. The van der Waals surface area contributed by atoms with Crippen LogP contribution in [0.4, 0.5) is 4.39 Å². The number of fused-ring (bicyclic) bond motifs is 1. The molecular formula is C25H22FNO5S. The number of pyridine rings is 1. The van der Waals surface area contributed by atoms with Crippen molar-refractivity contribution in [1.29, 1.82) is 0 Å². The second kappa shape index (κ2) is 9.07. The maximum absolute atomic E-state index is 13.8. The smallest absolute Gasteiger partial charge is 0.211 e. The molecule has 3 aromatic carbocycles. The summed E-state index contributed by atoms with van der Waals surface area (Å²) in [5.41, 5.74) is 0.515. The predicted octanol–water partition coefficient (Wildman–Crippen LogP) is 4.43. The molecule has 0 amide bonds. The molecule has 0 N–H and O–H groups in total. The molecule has 0 radical (unpaired) electrons. The van der Waals surface area contributed by atoms with E-state index in [9.17, 15) is 17.6 Å². The molecule has 0 unspecified atom stereocenters. The first kappa shape index (κ1) is 22.5. The summed E-state index contributed by atoms with van der Waals surface area (Å²) in [6.07, 6.45) is 1.31. The van der Waals surface area contributed by atoms with Crippen LogP contribution in [-0.4, -0.2) is 26.7 Å². The van der Waals surface area contributed by atoms with Crippen molar-refractivity contribution in [3.05, 3.63) is 94.5 Å². The summed E-state index contributed by atoms with van der Waals surface area (Å²) in [4.78, 5) is 13.0. The van der Waals surface area contributed by atoms with Gasteiger partial charge in [0.25, 0.3) is 0 Å². The van der Waals surface area contributed by atoms with Crippen molar-refractivity contribution >= 4 is 20.7 Å². The molecule has 170 valence electrons. The molecule has 0 saturated carbocycles. The molecule has 1 heterocycles. The Hall–Kier alpha value is -3.65. The van der Waals surface area contributed by atoms with Gasteiger partial charge in [-0.3, -0.25) is 4.79 Å². The Morgan fingerprint density at radius 3 is 2.36 bits per heavy atom. The summed E-state index contributed by atoms with van der Waals surface area (Å²) >= 11 is 0. The third kappa shape index (κ3) is 4.47. The second-order valence-electron chi connectivity index (χ2n) is 7.37. The molecule has 4 aromatic rings. The van der Waals surface area contributed by atoms with Gasteiger partial charge in [-0.2, -0.15) is 0 Å². The Labute approximate surface area is 190 Å². The Morgan fingerprint density at radius 1 is 0.970 bits per heavy atom. The van der Waals surface area contributed by atoms with E-state index < -0.39 is 21.1 Å². The number of benzene rings is 3. The number of ether oxygens (including phenoxy) is 2. The van der Waals surface area contributed by atoms with Gasteiger partial charge in [0.05, 0.1) is 29.5 Å². The van der Waals surface area contributed by atoms with Crippen molar-refractivity contribution in [1.82, 2.24) is 4.57 Å².